The van der Waals surface area contributed by atoms with Crippen molar-refractivity contribution in [1.82, 2.24) is 19.1 Å². The average Bonchev–Trinajstić information content (AvgIpc) is 3.66. The summed E-state index contributed by atoms with van der Waals surface area (Å²) in [4.78, 5) is 12.3. The van der Waals surface area contributed by atoms with Crippen LogP contribution in [0.15, 0.2) is 140 Å². The molecule has 0 spiro atoms. The summed E-state index contributed by atoms with van der Waals surface area (Å²) in [5.41, 5.74) is 13.0. The van der Waals surface area contributed by atoms with E-state index in [4.69, 9.17) is 9.97 Å². The zero-order valence-corrected chi connectivity index (χ0v) is 29.0. The highest BCUT2D eigenvalue weighted by atomic mass is 15.2. The number of benzene rings is 5. The fraction of sp³-hybridized carbons (Fsp3) is 0.130. The fourth-order valence-electron chi connectivity index (χ4n) is 9.30. The van der Waals surface area contributed by atoms with E-state index in [0.29, 0.717) is 0 Å². The van der Waals surface area contributed by atoms with Crippen molar-refractivity contribution in [3.63, 3.8) is 0 Å². The van der Waals surface area contributed by atoms with Crippen molar-refractivity contribution < 1.29 is 0 Å². The van der Waals surface area contributed by atoms with Crippen LogP contribution in [0.25, 0.3) is 55.2 Å². The Labute approximate surface area is 296 Å². The molecular weight excluding hydrogens is 623 g/mol. The number of anilines is 3. The summed E-state index contributed by atoms with van der Waals surface area (Å²) in [6.45, 7) is 9.38. The van der Waals surface area contributed by atoms with Crippen LogP contribution in [0.5, 0.6) is 0 Å². The smallest absolute Gasteiger partial charge is 0.141 e. The first-order valence-corrected chi connectivity index (χ1v) is 17.8. The van der Waals surface area contributed by atoms with Gasteiger partial charge in [0.2, 0.25) is 0 Å². The molecule has 0 aliphatic carbocycles. The molecule has 0 radical (unpaired) electrons. The number of rotatable bonds is 2. The van der Waals surface area contributed by atoms with Gasteiger partial charge in [-0.3, -0.25) is 9.13 Å². The Kier molecular flexibility index (Phi) is 5.46. The molecule has 0 unspecified atom stereocenters. The van der Waals surface area contributed by atoms with Crippen LogP contribution in [-0.2, 0) is 10.8 Å². The van der Waals surface area contributed by atoms with E-state index >= 15 is 0 Å². The van der Waals surface area contributed by atoms with Crippen LogP contribution in [-0.4, -0.2) is 19.1 Å². The molecule has 0 N–H and O–H groups in total. The average molecular weight is 658 g/mol. The van der Waals surface area contributed by atoms with Crippen molar-refractivity contribution >= 4 is 60.7 Å². The molecule has 0 amide bonds. The summed E-state index contributed by atoms with van der Waals surface area (Å²) in [5, 5.41) is 4.97. The molecule has 0 saturated heterocycles. The Bertz CT molecular complexity index is 2930. The second-order valence-electron chi connectivity index (χ2n) is 15.1. The lowest BCUT2D eigenvalue weighted by Crippen LogP contribution is -2.30. The molecule has 11 rings (SSSR count). The molecule has 0 saturated carbocycles. The number of aromatic nitrogens is 4. The van der Waals surface area contributed by atoms with Gasteiger partial charge in [-0.2, -0.15) is 0 Å². The maximum absolute atomic E-state index is 5.03. The SMILES string of the molecule is CC1(C)c2ccccc2N(c2ccc3c4cccc5c4n(c3c2)-c2ncccc2C5(C)C)c2cc3c(cc21)c1ccccc1n3-c1ccccn1. The minimum absolute atomic E-state index is 0.163. The molecule has 5 nitrogen and oxygen atoms in total. The van der Waals surface area contributed by atoms with Crippen LogP contribution >= 0.6 is 0 Å². The third-order valence-electron chi connectivity index (χ3n) is 11.8. The molecule has 4 aromatic heterocycles. The van der Waals surface area contributed by atoms with Crippen LogP contribution in [0.2, 0.25) is 0 Å². The molecule has 9 aromatic rings. The summed E-state index contributed by atoms with van der Waals surface area (Å²) in [6, 6.07) is 46.7. The van der Waals surface area contributed by atoms with Crippen molar-refractivity contribution in [2.75, 3.05) is 4.90 Å². The standard InChI is InChI=1S/C46H35N5/c1-45(2)33-15-6-8-19-38(33)49(41-27-40-32(26-36(41)45)29-13-5-7-18-37(29)50(40)42-20-9-10-23-47-42)28-21-22-30-31-14-11-16-34-43(31)51(39(30)25-28)44-35(46(34,3)4)17-12-24-48-44/h5-27H,1-4H3. The maximum Gasteiger partial charge on any atom is 0.141 e. The Morgan fingerprint density at radius 2 is 1.16 bits per heavy atom. The van der Waals surface area contributed by atoms with Crippen molar-refractivity contribution in [2.45, 2.75) is 38.5 Å². The van der Waals surface area contributed by atoms with Crippen molar-refractivity contribution in [2.24, 2.45) is 0 Å². The zero-order chi connectivity index (χ0) is 34.2. The van der Waals surface area contributed by atoms with Crippen molar-refractivity contribution in [1.29, 1.82) is 0 Å². The van der Waals surface area contributed by atoms with Gasteiger partial charge in [0, 0.05) is 56.0 Å². The topological polar surface area (TPSA) is 38.9 Å². The van der Waals surface area contributed by atoms with Crippen LogP contribution in [0.4, 0.5) is 17.1 Å². The summed E-state index contributed by atoms with van der Waals surface area (Å²) in [7, 11) is 0. The van der Waals surface area contributed by atoms with Gasteiger partial charge in [0.15, 0.2) is 0 Å². The molecule has 5 aromatic carbocycles. The summed E-state index contributed by atoms with van der Waals surface area (Å²) in [6.07, 6.45) is 3.80. The van der Waals surface area contributed by atoms with E-state index in [2.05, 4.69) is 163 Å². The minimum atomic E-state index is -0.228. The predicted octanol–water partition coefficient (Wildman–Crippen LogP) is 11.4. The molecule has 244 valence electrons. The van der Waals surface area contributed by atoms with E-state index < -0.39 is 0 Å². The molecule has 2 aliphatic heterocycles. The van der Waals surface area contributed by atoms with Crippen LogP contribution < -0.4 is 4.90 Å². The van der Waals surface area contributed by atoms with Crippen molar-refractivity contribution in [3.8, 4) is 11.6 Å². The molecule has 51 heavy (non-hydrogen) atoms. The van der Waals surface area contributed by atoms with Crippen molar-refractivity contribution in [3.05, 3.63) is 162 Å². The van der Waals surface area contributed by atoms with E-state index in [1.807, 2.05) is 18.5 Å². The Hall–Kier alpha value is -6.20. The van der Waals surface area contributed by atoms with Gasteiger partial charge in [-0.1, -0.05) is 100 Å². The number of hydrogen-bond acceptors (Lipinski definition) is 3. The van der Waals surface area contributed by atoms with Gasteiger partial charge in [-0.15, -0.1) is 0 Å². The van der Waals surface area contributed by atoms with Gasteiger partial charge >= 0.3 is 0 Å². The number of pyridine rings is 2. The summed E-state index contributed by atoms with van der Waals surface area (Å²) in [5.74, 6) is 1.93. The maximum atomic E-state index is 5.03. The van der Waals surface area contributed by atoms with Gasteiger partial charge in [-0.05, 0) is 71.3 Å². The normalized spacial score (nSPS) is 15.3. The minimum Gasteiger partial charge on any atom is -0.310 e. The van der Waals surface area contributed by atoms with Gasteiger partial charge in [0.1, 0.15) is 11.6 Å². The lowest BCUT2D eigenvalue weighted by molar-refractivity contribution is 0.624. The second kappa shape index (κ2) is 9.73. The predicted molar refractivity (Wildman–Crippen MR) is 210 cm³/mol. The summed E-state index contributed by atoms with van der Waals surface area (Å²) >= 11 is 0. The number of nitrogens with zero attached hydrogens (tertiary/aromatic N) is 5. The van der Waals surface area contributed by atoms with E-state index in [9.17, 15) is 0 Å². The molecule has 0 atom stereocenters. The third-order valence-corrected chi connectivity index (χ3v) is 11.8. The highest BCUT2D eigenvalue weighted by Gasteiger charge is 2.39. The Morgan fingerprint density at radius 3 is 2.04 bits per heavy atom. The first-order chi connectivity index (χ1) is 24.8. The van der Waals surface area contributed by atoms with Crippen LogP contribution in [0.1, 0.15) is 49.9 Å². The Morgan fingerprint density at radius 1 is 0.451 bits per heavy atom. The second-order valence-corrected chi connectivity index (χ2v) is 15.1. The fourth-order valence-corrected chi connectivity index (χ4v) is 9.30. The van der Waals surface area contributed by atoms with E-state index in [1.165, 1.54) is 60.7 Å². The first-order valence-electron chi connectivity index (χ1n) is 17.8. The molecule has 5 heteroatoms. The molecule has 6 heterocycles. The molecular formula is C46H35N5. The zero-order valence-electron chi connectivity index (χ0n) is 29.0. The van der Waals surface area contributed by atoms with Crippen LogP contribution in [0.3, 0.4) is 0 Å². The monoisotopic (exact) mass is 657 g/mol. The van der Waals surface area contributed by atoms with Gasteiger partial charge in [0.25, 0.3) is 0 Å². The summed E-state index contributed by atoms with van der Waals surface area (Å²) < 4.78 is 4.72. The highest BCUT2D eigenvalue weighted by Crippen LogP contribution is 2.55. The largest absolute Gasteiger partial charge is 0.310 e. The molecule has 0 bridgehead atoms. The number of hydrogen-bond donors (Lipinski definition) is 0. The number of para-hydroxylation sites is 3. The highest BCUT2D eigenvalue weighted by molar-refractivity contribution is 6.14. The Balaban J connectivity index is 1.24. The first kappa shape index (κ1) is 28.6. The lowest BCUT2D eigenvalue weighted by atomic mass is 9.73. The third kappa shape index (κ3) is 3.60. The van der Waals surface area contributed by atoms with Crippen LogP contribution in [0, 0.1) is 0 Å². The lowest BCUT2D eigenvalue weighted by Gasteiger charge is -2.42. The van der Waals surface area contributed by atoms with Gasteiger partial charge in [-0.25, -0.2) is 9.97 Å². The quantitative estimate of drug-likeness (QED) is 0.186. The van der Waals surface area contributed by atoms with E-state index in [0.717, 1.165) is 33.9 Å². The molecule has 2 aliphatic rings. The number of fused-ring (bicyclic) bond motifs is 10. The van der Waals surface area contributed by atoms with Gasteiger partial charge < -0.3 is 4.90 Å². The van der Waals surface area contributed by atoms with E-state index in [-0.39, 0.29) is 10.8 Å². The van der Waals surface area contributed by atoms with E-state index in [1.54, 1.807) is 0 Å². The molecule has 0 fully saturated rings. The van der Waals surface area contributed by atoms with Gasteiger partial charge in [0.05, 0.1) is 33.4 Å².